The number of hydrogen-bond acceptors (Lipinski definition) is 0. The summed E-state index contributed by atoms with van der Waals surface area (Å²) in [6.07, 6.45) is 1.91. The molecular weight excluding hydrogens is 268 g/mol. The summed E-state index contributed by atoms with van der Waals surface area (Å²) in [7, 11) is 0. The summed E-state index contributed by atoms with van der Waals surface area (Å²) in [5, 5.41) is 0. The Morgan fingerprint density at radius 2 is 0.900 bits per heavy atom. The Balaban J connectivity index is 2.21. The van der Waals surface area contributed by atoms with Crippen LogP contribution in [0.15, 0.2) is 60.2 Å². The SMILES string of the molecule is FC(=C/c1ccc(F)cc1)/C(F)=C\c1ccc(F)cc1. The Hall–Kier alpha value is -2.36. The van der Waals surface area contributed by atoms with Gasteiger partial charge in [0.2, 0.25) is 0 Å². The molecule has 0 unspecified atom stereocenters. The normalized spacial score (nSPS) is 12.6. The van der Waals surface area contributed by atoms with Crippen LogP contribution in [0.4, 0.5) is 17.6 Å². The molecule has 2 rings (SSSR count). The third kappa shape index (κ3) is 3.82. The molecule has 0 bridgehead atoms. The fourth-order valence-corrected chi connectivity index (χ4v) is 1.55. The molecule has 4 heteroatoms. The van der Waals surface area contributed by atoms with Crippen molar-refractivity contribution in [1.82, 2.24) is 0 Å². The highest BCUT2D eigenvalue weighted by Crippen LogP contribution is 2.20. The lowest BCUT2D eigenvalue weighted by atomic mass is 10.1. The molecule has 0 atom stereocenters. The van der Waals surface area contributed by atoms with Crippen molar-refractivity contribution in [3.05, 3.63) is 82.9 Å². The molecular formula is C16H10F4. The minimum absolute atomic E-state index is 0.339. The quantitative estimate of drug-likeness (QED) is 0.529. The second-order valence-corrected chi connectivity index (χ2v) is 4.09. The average molecular weight is 278 g/mol. The molecule has 0 N–H and O–H groups in total. The monoisotopic (exact) mass is 278 g/mol. The highest BCUT2D eigenvalue weighted by atomic mass is 19.2. The van der Waals surface area contributed by atoms with Gasteiger partial charge >= 0.3 is 0 Å². The minimum atomic E-state index is -1.08. The molecule has 20 heavy (non-hydrogen) atoms. The van der Waals surface area contributed by atoms with E-state index in [2.05, 4.69) is 0 Å². The zero-order chi connectivity index (χ0) is 14.5. The van der Waals surface area contributed by atoms with Gasteiger partial charge in [-0.3, -0.25) is 0 Å². The second-order valence-electron chi connectivity index (χ2n) is 4.09. The molecule has 0 radical (unpaired) electrons. The Bertz CT molecular complexity index is 578. The number of halogens is 4. The van der Waals surface area contributed by atoms with Crippen molar-refractivity contribution < 1.29 is 17.6 Å². The summed E-state index contributed by atoms with van der Waals surface area (Å²) in [5.74, 6) is -3.07. The van der Waals surface area contributed by atoms with E-state index in [0.29, 0.717) is 11.1 Å². The van der Waals surface area contributed by atoms with Crippen molar-refractivity contribution in [2.24, 2.45) is 0 Å². The first-order valence-corrected chi connectivity index (χ1v) is 5.80. The summed E-state index contributed by atoms with van der Waals surface area (Å²) in [5.41, 5.74) is 0.679. The van der Waals surface area contributed by atoms with E-state index >= 15 is 0 Å². The Labute approximate surface area is 113 Å². The molecule has 0 aromatic heterocycles. The fraction of sp³-hybridized carbons (Fsp3) is 0. The smallest absolute Gasteiger partial charge is 0.159 e. The van der Waals surface area contributed by atoms with Gasteiger partial charge in [-0.25, -0.2) is 17.6 Å². The van der Waals surface area contributed by atoms with Gasteiger partial charge in [0.05, 0.1) is 0 Å². The van der Waals surface area contributed by atoms with Crippen LogP contribution in [0.3, 0.4) is 0 Å². The number of allylic oxidation sites excluding steroid dienone is 2. The minimum Gasteiger partial charge on any atom is -0.207 e. The maximum atomic E-state index is 13.6. The van der Waals surface area contributed by atoms with E-state index in [1.54, 1.807) is 0 Å². The molecule has 0 saturated heterocycles. The lowest BCUT2D eigenvalue weighted by Crippen LogP contribution is -1.81. The van der Waals surface area contributed by atoms with Crippen LogP contribution < -0.4 is 0 Å². The van der Waals surface area contributed by atoms with E-state index in [1.165, 1.54) is 24.3 Å². The van der Waals surface area contributed by atoms with E-state index in [9.17, 15) is 17.6 Å². The van der Waals surface area contributed by atoms with Crippen LogP contribution >= 0.6 is 0 Å². The summed E-state index contributed by atoms with van der Waals surface area (Å²) in [6.45, 7) is 0. The predicted octanol–water partition coefficient (Wildman–Crippen LogP) is 5.29. The molecule has 0 fully saturated rings. The van der Waals surface area contributed by atoms with E-state index in [1.807, 2.05) is 0 Å². The summed E-state index contributed by atoms with van der Waals surface area (Å²) in [4.78, 5) is 0. The molecule has 0 spiro atoms. The van der Waals surface area contributed by atoms with Gasteiger partial charge in [-0.1, -0.05) is 24.3 Å². The zero-order valence-corrected chi connectivity index (χ0v) is 10.3. The van der Waals surface area contributed by atoms with Crippen LogP contribution in [0.5, 0.6) is 0 Å². The topological polar surface area (TPSA) is 0 Å². The van der Waals surface area contributed by atoms with Crippen molar-refractivity contribution in [3.8, 4) is 0 Å². The van der Waals surface area contributed by atoms with E-state index in [4.69, 9.17) is 0 Å². The van der Waals surface area contributed by atoms with Gasteiger partial charge in [0.25, 0.3) is 0 Å². The van der Waals surface area contributed by atoms with E-state index < -0.39 is 23.3 Å². The lowest BCUT2D eigenvalue weighted by Gasteiger charge is -1.97. The maximum absolute atomic E-state index is 13.6. The van der Waals surface area contributed by atoms with Crippen LogP contribution in [0.1, 0.15) is 11.1 Å². The number of hydrogen-bond donors (Lipinski definition) is 0. The highest BCUT2D eigenvalue weighted by Gasteiger charge is 2.04. The van der Waals surface area contributed by atoms with E-state index in [-0.39, 0.29) is 0 Å². The molecule has 102 valence electrons. The first-order valence-electron chi connectivity index (χ1n) is 5.80. The number of benzene rings is 2. The van der Waals surface area contributed by atoms with Gasteiger partial charge in [0.15, 0.2) is 11.7 Å². The standard InChI is InChI=1S/C16H10F4/c17-13-5-1-11(2-6-13)9-15(19)16(20)10-12-3-7-14(18)8-4-12/h1-10H/b15-9+,16-10+. The summed E-state index contributed by atoms with van der Waals surface area (Å²) < 4.78 is 52.5. The summed E-state index contributed by atoms with van der Waals surface area (Å²) in [6, 6.07) is 9.95. The maximum Gasteiger partial charge on any atom is 0.159 e. The van der Waals surface area contributed by atoms with Gasteiger partial charge in [-0.2, -0.15) is 0 Å². The van der Waals surface area contributed by atoms with Crippen molar-refractivity contribution in [2.45, 2.75) is 0 Å². The zero-order valence-electron chi connectivity index (χ0n) is 10.3. The molecule has 0 nitrogen and oxygen atoms in total. The first-order chi connectivity index (χ1) is 9.54. The summed E-state index contributed by atoms with van der Waals surface area (Å²) >= 11 is 0. The van der Waals surface area contributed by atoms with Crippen molar-refractivity contribution >= 4 is 12.2 Å². The molecule has 0 amide bonds. The van der Waals surface area contributed by atoms with Crippen LogP contribution in [0, 0.1) is 11.6 Å². The molecule has 0 heterocycles. The lowest BCUT2D eigenvalue weighted by molar-refractivity contribution is 0.555. The highest BCUT2D eigenvalue weighted by molar-refractivity contribution is 5.61. The average Bonchev–Trinajstić information content (AvgIpc) is 2.44. The fourth-order valence-electron chi connectivity index (χ4n) is 1.55. The molecule has 2 aromatic rings. The Morgan fingerprint density at radius 1 is 0.600 bits per heavy atom. The second kappa shape index (κ2) is 6.19. The van der Waals surface area contributed by atoms with Crippen molar-refractivity contribution in [2.75, 3.05) is 0 Å². The van der Waals surface area contributed by atoms with Gasteiger partial charge in [-0.15, -0.1) is 0 Å². The van der Waals surface area contributed by atoms with Crippen LogP contribution in [-0.4, -0.2) is 0 Å². The van der Waals surface area contributed by atoms with Crippen molar-refractivity contribution in [3.63, 3.8) is 0 Å². The van der Waals surface area contributed by atoms with E-state index in [0.717, 1.165) is 36.4 Å². The molecule has 2 aromatic carbocycles. The third-order valence-corrected chi connectivity index (χ3v) is 2.55. The van der Waals surface area contributed by atoms with Crippen LogP contribution in [0.25, 0.3) is 12.2 Å². The first kappa shape index (κ1) is 14.1. The largest absolute Gasteiger partial charge is 0.207 e. The third-order valence-electron chi connectivity index (χ3n) is 2.55. The van der Waals surface area contributed by atoms with Gasteiger partial charge in [0.1, 0.15) is 11.6 Å². The van der Waals surface area contributed by atoms with Gasteiger partial charge in [-0.05, 0) is 47.5 Å². The van der Waals surface area contributed by atoms with Gasteiger partial charge in [0, 0.05) is 0 Å². The predicted molar refractivity (Wildman–Crippen MR) is 71.0 cm³/mol. The molecule has 0 aliphatic rings. The van der Waals surface area contributed by atoms with Gasteiger partial charge < -0.3 is 0 Å². The van der Waals surface area contributed by atoms with Crippen LogP contribution in [-0.2, 0) is 0 Å². The molecule has 0 saturated carbocycles. The van der Waals surface area contributed by atoms with Crippen molar-refractivity contribution in [1.29, 1.82) is 0 Å². The Kier molecular flexibility index (Phi) is 4.35. The number of rotatable bonds is 3. The molecule has 0 aliphatic heterocycles. The van der Waals surface area contributed by atoms with Crippen LogP contribution in [0.2, 0.25) is 0 Å². The Morgan fingerprint density at radius 3 is 1.20 bits per heavy atom. The molecule has 0 aliphatic carbocycles.